The quantitative estimate of drug-likeness (QED) is 0.716. The summed E-state index contributed by atoms with van der Waals surface area (Å²) in [5.41, 5.74) is 0. The maximum atomic E-state index is 12.3. The first-order valence-electron chi connectivity index (χ1n) is 6.57. The minimum atomic E-state index is -4.16. The molecule has 0 aromatic carbocycles. The van der Waals surface area contributed by atoms with E-state index in [1.807, 2.05) is 11.8 Å². The number of hydrogen-bond donors (Lipinski definition) is 0. The second-order valence-corrected chi connectivity index (χ2v) is 4.60. The van der Waals surface area contributed by atoms with Gasteiger partial charge in [-0.2, -0.15) is 13.2 Å². The lowest BCUT2D eigenvalue weighted by Gasteiger charge is -2.38. The Morgan fingerprint density at radius 3 is 2.21 bits per heavy atom. The van der Waals surface area contributed by atoms with Gasteiger partial charge in [0.05, 0.1) is 13.2 Å². The van der Waals surface area contributed by atoms with Crippen molar-refractivity contribution in [3.63, 3.8) is 0 Å². The maximum Gasteiger partial charge on any atom is 0.401 e. The Hall–Kier alpha value is -0.820. The van der Waals surface area contributed by atoms with Crippen LogP contribution < -0.4 is 0 Å². The van der Waals surface area contributed by atoms with Gasteiger partial charge in [0, 0.05) is 26.2 Å². The number of carbonyl (C=O) groups is 1. The van der Waals surface area contributed by atoms with E-state index in [9.17, 15) is 18.0 Å². The maximum absolute atomic E-state index is 12.3. The SMILES string of the molecule is CCOC(=O)C(CC)N1CCN(CC(F)(F)F)CC1. The van der Waals surface area contributed by atoms with Crippen molar-refractivity contribution in [2.24, 2.45) is 0 Å². The molecule has 0 aliphatic carbocycles. The summed E-state index contributed by atoms with van der Waals surface area (Å²) in [5.74, 6) is -0.283. The molecule has 0 bridgehead atoms. The van der Waals surface area contributed by atoms with E-state index in [-0.39, 0.29) is 12.0 Å². The second kappa shape index (κ2) is 7.09. The topological polar surface area (TPSA) is 32.8 Å². The van der Waals surface area contributed by atoms with Crippen LogP contribution in [-0.4, -0.2) is 67.3 Å². The first-order chi connectivity index (χ1) is 8.87. The van der Waals surface area contributed by atoms with Crippen molar-refractivity contribution in [1.82, 2.24) is 9.80 Å². The lowest BCUT2D eigenvalue weighted by molar-refractivity contribution is -0.157. The molecule has 1 saturated heterocycles. The fourth-order valence-electron chi connectivity index (χ4n) is 2.30. The second-order valence-electron chi connectivity index (χ2n) is 4.60. The van der Waals surface area contributed by atoms with Crippen molar-refractivity contribution >= 4 is 5.97 Å². The summed E-state index contributed by atoms with van der Waals surface area (Å²) in [4.78, 5) is 15.0. The zero-order chi connectivity index (χ0) is 14.5. The first-order valence-corrected chi connectivity index (χ1v) is 6.57. The molecule has 7 heteroatoms. The van der Waals surface area contributed by atoms with Crippen LogP contribution in [0.3, 0.4) is 0 Å². The van der Waals surface area contributed by atoms with Crippen LogP contribution in [0.5, 0.6) is 0 Å². The lowest BCUT2D eigenvalue weighted by atomic mass is 10.1. The van der Waals surface area contributed by atoms with Crippen molar-refractivity contribution < 1.29 is 22.7 Å². The summed E-state index contributed by atoms with van der Waals surface area (Å²) in [7, 11) is 0. The lowest BCUT2D eigenvalue weighted by Crippen LogP contribution is -2.54. The third kappa shape index (κ3) is 5.36. The molecule has 0 aromatic rings. The minimum Gasteiger partial charge on any atom is -0.465 e. The molecule has 4 nitrogen and oxygen atoms in total. The van der Waals surface area contributed by atoms with Gasteiger partial charge in [-0.15, -0.1) is 0 Å². The molecule has 112 valence electrons. The predicted octanol–water partition coefficient (Wildman–Crippen LogP) is 1.51. The zero-order valence-corrected chi connectivity index (χ0v) is 11.4. The van der Waals surface area contributed by atoms with Crippen LogP contribution in [0.4, 0.5) is 13.2 Å². The van der Waals surface area contributed by atoms with E-state index in [1.165, 1.54) is 4.90 Å². The number of alkyl halides is 3. The van der Waals surface area contributed by atoms with Crippen LogP contribution >= 0.6 is 0 Å². The molecule has 1 unspecified atom stereocenters. The molecule has 1 aliphatic rings. The summed E-state index contributed by atoms with van der Waals surface area (Å²) in [6, 6.07) is -0.340. The van der Waals surface area contributed by atoms with Crippen LogP contribution in [0, 0.1) is 0 Å². The largest absolute Gasteiger partial charge is 0.465 e. The van der Waals surface area contributed by atoms with Gasteiger partial charge in [-0.05, 0) is 13.3 Å². The molecule has 1 atom stereocenters. The molecular formula is C12H21F3N2O2. The van der Waals surface area contributed by atoms with Gasteiger partial charge in [0.2, 0.25) is 0 Å². The van der Waals surface area contributed by atoms with E-state index in [4.69, 9.17) is 4.74 Å². The van der Waals surface area contributed by atoms with Crippen molar-refractivity contribution in [2.75, 3.05) is 39.3 Å². The summed E-state index contributed by atoms with van der Waals surface area (Å²) < 4.78 is 41.8. The average molecular weight is 282 g/mol. The summed E-state index contributed by atoms with van der Waals surface area (Å²) >= 11 is 0. The molecule has 0 amide bonds. The molecule has 1 aliphatic heterocycles. The number of nitrogens with zero attached hydrogens (tertiary/aromatic N) is 2. The molecule has 19 heavy (non-hydrogen) atoms. The normalized spacial score (nSPS) is 20.3. The highest BCUT2D eigenvalue weighted by Crippen LogP contribution is 2.18. The van der Waals surface area contributed by atoms with Gasteiger partial charge in [-0.25, -0.2) is 0 Å². The van der Waals surface area contributed by atoms with Gasteiger partial charge in [-0.1, -0.05) is 6.92 Å². The zero-order valence-electron chi connectivity index (χ0n) is 11.4. The van der Waals surface area contributed by atoms with Gasteiger partial charge in [-0.3, -0.25) is 14.6 Å². The van der Waals surface area contributed by atoms with Crippen molar-refractivity contribution in [3.8, 4) is 0 Å². The van der Waals surface area contributed by atoms with E-state index in [0.717, 1.165) is 0 Å². The number of halogens is 3. The smallest absolute Gasteiger partial charge is 0.401 e. The average Bonchev–Trinajstić information content (AvgIpc) is 2.30. The van der Waals surface area contributed by atoms with E-state index in [2.05, 4.69) is 0 Å². The standard InChI is InChI=1S/C12H21F3N2O2/c1-3-10(11(18)19-4-2)17-7-5-16(6-8-17)9-12(13,14)15/h10H,3-9H2,1-2H3. The summed E-state index contributed by atoms with van der Waals surface area (Å²) in [6.07, 6.45) is -3.55. The number of ether oxygens (including phenoxy) is 1. The first kappa shape index (κ1) is 16.2. The Morgan fingerprint density at radius 2 is 1.79 bits per heavy atom. The van der Waals surface area contributed by atoms with Crippen molar-refractivity contribution in [3.05, 3.63) is 0 Å². The highest BCUT2D eigenvalue weighted by molar-refractivity contribution is 5.75. The Labute approximate surface area is 111 Å². The molecule has 1 fully saturated rings. The third-order valence-corrected chi connectivity index (χ3v) is 3.20. The third-order valence-electron chi connectivity index (χ3n) is 3.20. The fourth-order valence-corrected chi connectivity index (χ4v) is 2.30. The van der Waals surface area contributed by atoms with Crippen molar-refractivity contribution in [2.45, 2.75) is 32.5 Å². The van der Waals surface area contributed by atoms with E-state index < -0.39 is 12.7 Å². The number of piperazine rings is 1. The molecule has 1 heterocycles. The number of hydrogen-bond acceptors (Lipinski definition) is 4. The molecule has 0 N–H and O–H groups in total. The van der Waals surface area contributed by atoms with Crippen molar-refractivity contribution in [1.29, 1.82) is 0 Å². The van der Waals surface area contributed by atoms with Crippen LogP contribution in [0.2, 0.25) is 0 Å². The Bertz CT molecular complexity index is 289. The van der Waals surface area contributed by atoms with E-state index >= 15 is 0 Å². The summed E-state index contributed by atoms with van der Waals surface area (Å²) in [6.45, 7) is 4.65. The Balaban J connectivity index is 2.45. The van der Waals surface area contributed by atoms with Gasteiger partial charge < -0.3 is 4.74 Å². The number of rotatable bonds is 5. The van der Waals surface area contributed by atoms with Gasteiger partial charge in [0.1, 0.15) is 6.04 Å². The van der Waals surface area contributed by atoms with Crippen LogP contribution in [0.25, 0.3) is 0 Å². The molecule has 0 aromatic heterocycles. The van der Waals surface area contributed by atoms with Crippen LogP contribution in [0.1, 0.15) is 20.3 Å². The minimum absolute atomic E-state index is 0.283. The highest BCUT2D eigenvalue weighted by Gasteiger charge is 2.34. The number of carbonyl (C=O) groups excluding carboxylic acids is 1. The molecule has 1 rings (SSSR count). The van der Waals surface area contributed by atoms with E-state index in [1.54, 1.807) is 6.92 Å². The highest BCUT2D eigenvalue weighted by atomic mass is 19.4. The monoisotopic (exact) mass is 282 g/mol. The molecule has 0 radical (unpaired) electrons. The van der Waals surface area contributed by atoms with E-state index in [0.29, 0.717) is 39.2 Å². The molecule has 0 saturated carbocycles. The van der Waals surface area contributed by atoms with Gasteiger partial charge >= 0.3 is 12.1 Å². The Kier molecular flexibility index (Phi) is 6.06. The predicted molar refractivity (Wildman–Crippen MR) is 64.8 cm³/mol. The molecular weight excluding hydrogens is 261 g/mol. The van der Waals surface area contributed by atoms with Crippen LogP contribution in [0.15, 0.2) is 0 Å². The van der Waals surface area contributed by atoms with Crippen LogP contribution in [-0.2, 0) is 9.53 Å². The number of esters is 1. The summed E-state index contributed by atoms with van der Waals surface area (Å²) in [5, 5.41) is 0. The van der Waals surface area contributed by atoms with Gasteiger partial charge in [0.25, 0.3) is 0 Å². The Morgan fingerprint density at radius 1 is 1.21 bits per heavy atom. The molecule has 0 spiro atoms. The van der Waals surface area contributed by atoms with Gasteiger partial charge in [0.15, 0.2) is 0 Å². The fraction of sp³-hybridized carbons (Fsp3) is 0.917.